The summed E-state index contributed by atoms with van der Waals surface area (Å²) >= 11 is 0. The average molecular weight is 565 g/mol. The van der Waals surface area contributed by atoms with Gasteiger partial charge in [0.1, 0.15) is 17.1 Å². The van der Waals surface area contributed by atoms with Gasteiger partial charge in [0.25, 0.3) is 0 Å². The molecular formula is C31H26CoN2O5. The second kappa shape index (κ2) is 14.3. The van der Waals surface area contributed by atoms with Crippen LogP contribution in [0.2, 0.25) is 0 Å². The molecule has 1 radical (unpaired) electrons. The molecule has 0 saturated carbocycles. The van der Waals surface area contributed by atoms with E-state index in [1.165, 1.54) is 0 Å². The number of fused-ring (bicyclic) bond motifs is 1. The van der Waals surface area contributed by atoms with Crippen LogP contribution >= 0.6 is 0 Å². The monoisotopic (exact) mass is 565 g/mol. The summed E-state index contributed by atoms with van der Waals surface area (Å²) < 4.78 is 5.61. The summed E-state index contributed by atoms with van der Waals surface area (Å²) in [6, 6.07) is 30.0. The molecule has 0 saturated heterocycles. The standard InChI is InChI=1S/C16H16N2O2.C15H10O3.Co/c19-15-7-3-1-5-13(15)11-17-9-10-18-12-14-6-2-4-8-16(14)20;16-13-11-8-4-5-9-12(11)18-15(14(13)17)10-6-2-1-3-7-10;/h1-8,11-12,19-20H,9-10H2;1-9,17H;. The number of para-hydroxylation sites is 3. The van der Waals surface area contributed by atoms with Gasteiger partial charge in [-0.3, -0.25) is 14.8 Å². The smallest absolute Gasteiger partial charge is 0.235 e. The Morgan fingerprint density at radius 2 is 1.13 bits per heavy atom. The van der Waals surface area contributed by atoms with Crippen LogP contribution in [0.15, 0.2) is 122 Å². The van der Waals surface area contributed by atoms with Gasteiger partial charge >= 0.3 is 0 Å². The van der Waals surface area contributed by atoms with Crippen molar-refractivity contribution >= 4 is 23.4 Å². The Balaban J connectivity index is 0.000000211. The van der Waals surface area contributed by atoms with E-state index in [1.807, 2.05) is 30.3 Å². The van der Waals surface area contributed by atoms with E-state index >= 15 is 0 Å². The van der Waals surface area contributed by atoms with Crippen molar-refractivity contribution in [3.63, 3.8) is 0 Å². The fraction of sp³-hybridized carbons (Fsp3) is 0.0645. The van der Waals surface area contributed by atoms with Gasteiger partial charge in [-0.1, -0.05) is 66.7 Å². The largest absolute Gasteiger partial charge is 0.507 e. The topological polar surface area (TPSA) is 116 Å². The number of hydrogen-bond acceptors (Lipinski definition) is 7. The average Bonchev–Trinajstić information content (AvgIpc) is 2.95. The molecule has 0 amide bonds. The van der Waals surface area contributed by atoms with Crippen molar-refractivity contribution in [1.29, 1.82) is 0 Å². The number of phenols is 2. The molecule has 199 valence electrons. The van der Waals surface area contributed by atoms with Crippen molar-refractivity contribution in [2.24, 2.45) is 9.98 Å². The molecule has 0 atom stereocenters. The molecule has 7 nitrogen and oxygen atoms in total. The van der Waals surface area contributed by atoms with Gasteiger partial charge in [-0.2, -0.15) is 0 Å². The van der Waals surface area contributed by atoms with E-state index in [-0.39, 0.29) is 39.8 Å². The molecule has 3 N–H and O–H groups in total. The summed E-state index contributed by atoms with van der Waals surface area (Å²) in [5.41, 5.74) is 2.13. The van der Waals surface area contributed by atoms with Crippen molar-refractivity contribution in [2.75, 3.05) is 13.1 Å². The minimum atomic E-state index is -0.407. The molecule has 1 aromatic heterocycles. The van der Waals surface area contributed by atoms with Crippen molar-refractivity contribution in [3.8, 4) is 28.6 Å². The van der Waals surface area contributed by atoms with Crippen LogP contribution in [0.4, 0.5) is 0 Å². The molecule has 0 bridgehead atoms. The quantitative estimate of drug-likeness (QED) is 0.178. The van der Waals surface area contributed by atoms with Crippen molar-refractivity contribution in [1.82, 2.24) is 0 Å². The Morgan fingerprint density at radius 1 is 0.641 bits per heavy atom. The van der Waals surface area contributed by atoms with Crippen molar-refractivity contribution in [2.45, 2.75) is 0 Å². The van der Waals surface area contributed by atoms with Gasteiger partial charge < -0.3 is 19.7 Å². The number of hydrogen-bond donors (Lipinski definition) is 3. The number of nitrogens with zero attached hydrogens (tertiary/aromatic N) is 2. The molecule has 5 rings (SSSR count). The summed E-state index contributed by atoms with van der Waals surface area (Å²) in [5.74, 6) is 0.294. The minimum absolute atomic E-state index is 0. The maximum Gasteiger partial charge on any atom is 0.235 e. The predicted octanol–water partition coefficient (Wildman–Crippen LogP) is 5.80. The van der Waals surface area contributed by atoms with Gasteiger partial charge in [-0.05, 0) is 36.4 Å². The molecule has 0 spiro atoms. The first kappa shape index (κ1) is 28.9. The maximum atomic E-state index is 12.0. The second-order valence-corrected chi connectivity index (χ2v) is 8.16. The SMILES string of the molecule is O=c1c(O)c(-c2ccccc2)oc2ccccc12.Oc1ccccc1C=NCCN=Cc1ccccc1O.[Co]. The zero-order valence-corrected chi connectivity index (χ0v) is 21.8. The Hall–Kier alpha value is -4.66. The molecule has 5 aromatic rings. The number of rotatable bonds is 6. The van der Waals surface area contributed by atoms with Crippen molar-refractivity contribution in [3.05, 3.63) is 124 Å². The van der Waals surface area contributed by atoms with Crippen LogP contribution in [0, 0.1) is 0 Å². The van der Waals surface area contributed by atoms with E-state index in [2.05, 4.69) is 9.98 Å². The zero-order chi connectivity index (χ0) is 26.7. The third-order valence-corrected chi connectivity index (χ3v) is 5.50. The third-order valence-electron chi connectivity index (χ3n) is 5.50. The molecule has 0 aliphatic rings. The van der Waals surface area contributed by atoms with Crippen LogP contribution in [0.1, 0.15) is 11.1 Å². The van der Waals surface area contributed by atoms with Crippen LogP contribution in [0.3, 0.4) is 0 Å². The molecule has 0 fully saturated rings. The molecule has 0 aliphatic carbocycles. The van der Waals surface area contributed by atoms with Crippen molar-refractivity contribution < 1.29 is 36.5 Å². The summed E-state index contributed by atoms with van der Waals surface area (Å²) in [6.45, 7) is 1.05. The fourth-order valence-electron chi connectivity index (χ4n) is 3.55. The number of aliphatic imine (C=N–C) groups is 2. The van der Waals surface area contributed by atoms with E-state index < -0.39 is 5.43 Å². The summed E-state index contributed by atoms with van der Waals surface area (Å²) in [5, 5.41) is 29.4. The number of phenolic OH excluding ortho intramolecular Hbond substituents is 2. The van der Waals surface area contributed by atoms with Crippen LogP contribution in [0.25, 0.3) is 22.3 Å². The van der Waals surface area contributed by atoms with Crippen LogP contribution < -0.4 is 5.43 Å². The van der Waals surface area contributed by atoms with E-state index in [0.29, 0.717) is 40.7 Å². The van der Waals surface area contributed by atoms with E-state index in [4.69, 9.17) is 4.42 Å². The van der Waals surface area contributed by atoms with Gasteiger partial charge in [0, 0.05) is 45.9 Å². The van der Waals surface area contributed by atoms with Crippen LogP contribution in [-0.4, -0.2) is 40.8 Å². The van der Waals surface area contributed by atoms with Crippen LogP contribution in [0.5, 0.6) is 17.2 Å². The van der Waals surface area contributed by atoms with Gasteiger partial charge in [0.15, 0.2) is 5.76 Å². The van der Waals surface area contributed by atoms with Gasteiger partial charge in [0.05, 0.1) is 18.5 Å². The van der Waals surface area contributed by atoms with Gasteiger partial charge in [-0.15, -0.1) is 0 Å². The Bertz CT molecular complexity index is 1580. The summed E-state index contributed by atoms with van der Waals surface area (Å²) in [6.07, 6.45) is 3.26. The first-order valence-electron chi connectivity index (χ1n) is 11.9. The first-order chi connectivity index (χ1) is 18.5. The Labute approximate surface area is 235 Å². The molecule has 8 heteroatoms. The van der Waals surface area contributed by atoms with E-state index in [0.717, 1.165) is 0 Å². The molecule has 0 unspecified atom stereocenters. The Kier molecular flexibility index (Phi) is 10.6. The Morgan fingerprint density at radius 3 is 1.69 bits per heavy atom. The number of aromatic hydroxyl groups is 3. The molecular weight excluding hydrogens is 539 g/mol. The number of benzene rings is 4. The zero-order valence-electron chi connectivity index (χ0n) is 20.8. The first-order valence-corrected chi connectivity index (χ1v) is 11.9. The maximum absolute atomic E-state index is 12.0. The normalized spacial score (nSPS) is 10.8. The van der Waals surface area contributed by atoms with E-state index in [1.54, 1.807) is 85.2 Å². The summed E-state index contributed by atoms with van der Waals surface area (Å²) in [4.78, 5) is 20.4. The molecule has 1 heterocycles. The second-order valence-electron chi connectivity index (χ2n) is 8.16. The molecule has 39 heavy (non-hydrogen) atoms. The summed E-state index contributed by atoms with van der Waals surface area (Å²) in [7, 11) is 0. The minimum Gasteiger partial charge on any atom is -0.507 e. The molecule has 0 aliphatic heterocycles. The fourth-order valence-corrected chi connectivity index (χ4v) is 3.55. The predicted molar refractivity (Wildman–Crippen MR) is 151 cm³/mol. The van der Waals surface area contributed by atoms with E-state index in [9.17, 15) is 20.1 Å². The molecule has 4 aromatic carbocycles. The van der Waals surface area contributed by atoms with Gasteiger partial charge in [0.2, 0.25) is 11.2 Å². The van der Waals surface area contributed by atoms with Gasteiger partial charge in [-0.25, -0.2) is 0 Å². The third kappa shape index (κ3) is 7.67. The van der Waals surface area contributed by atoms with Crippen LogP contribution in [-0.2, 0) is 16.8 Å².